The van der Waals surface area contributed by atoms with Gasteiger partial charge in [0.25, 0.3) is 0 Å². The summed E-state index contributed by atoms with van der Waals surface area (Å²) >= 11 is 0. The van der Waals surface area contributed by atoms with E-state index in [2.05, 4.69) is 0 Å². The maximum Gasteiger partial charge on any atom is 0.336 e. The molecule has 4 heteroatoms. The Morgan fingerprint density at radius 3 is 2.83 bits per heavy atom. The molecule has 0 fully saturated rings. The molecule has 3 rings (SSSR count). The molecule has 0 spiro atoms. The summed E-state index contributed by atoms with van der Waals surface area (Å²) in [4.78, 5) is 11.2. The lowest BCUT2D eigenvalue weighted by atomic mass is 9.91. The van der Waals surface area contributed by atoms with E-state index >= 15 is 0 Å². The Morgan fingerprint density at radius 1 is 1.28 bits per heavy atom. The van der Waals surface area contributed by atoms with Crippen LogP contribution < -0.4 is 10.4 Å². The third-order valence-corrected chi connectivity index (χ3v) is 3.26. The fourth-order valence-electron chi connectivity index (χ4n) is 2.12. The Labute approximate surface area is 104 Å². The maximum absolute atomic E-state index is 11.2. The van der Waals surface area contributed by atoms with Gasteiger partial charge in [0, 0.05) is 29.5 Å². The first-order valence-electron chi connectivity index (χ1n) is 5.79. The van der Waals surface area contributed by atoms with Crippen LogP contribution in [-0.4, -0.2) is 11.3 Å². The molecule has 1 aliphatic rings. The smallest absolute Gasteiger partial charge is 0.336 e. The third-order valence-electron chi connectivity index (χ3n) is 3.26. The zero-order valence-electron chi connectivity index (χ0n) is 10.2. The number of benzene rings is 1. The quantitative estimate of drug-likeness (QED) is 0.723. The molecule has 0 bridgehead atoms. The van der Waals surface area contributed by atoms with Gasteiger partial charge in [0.2, 0.25) is 0 Å². The standard InChI is InChI=1S/C14H13NO3/c1-14(2)12(15)6-9-5-8-3-4-13(16)17-10(8)7-11(9)18-14/h3-5,7,15H,6H2,1-2H3. The van der Waals surface area contributed by atoms with E-state index in [1.807, 2.05) is 19.9 Å². The first-order valence-corrected chi connectivity index (χ1v) is 5.79. The van der Waals surface area contributed by atoms with Crippen LogP contribution >= 0.6 is 0 Å². The molecule has 0 saturated heterocycles. The molecule has 0 radical (unpaired) electrons. The van der Waals surface area contributed by atoms with Gasteiger partial charge in [-0.2, -0.15) is 0 Å². The van der Waals surface area contributed by atoms with Crippen LogP contribution in [0.3, 0.4) is 0 Å². The SMILES string of the molecule is CC1(C)Oc2cc3oc(=O)ccc3cc2CC1=N. The summed E-state index contributed by atoms with van der Waals surface area (Å²) in [6.45, 7) is 3.73. The number of rotatable bonds is 0. The molecule has 92 valence electrons. The van der Waals surface area contributed by atoms with Crippen LogP contribution in [-0.2, 0) is 6.42 Å². The van der Waals surface area contributed by atoms with Crippen molar-refractivity contribution in [2.24, 2.45) is 0 Å². The van der Waals surface area contributed by atoms with E-state index in [9.17, 15) is 4.79 Å². The molecular formula is C14H13NO3. The van der Waals surface area contributed by atoms with Crippen molar-refractivity contribution in [1.29, 1.82) is 5.41 Å². The highest BCUT2D eigenvalue weighted by Gasteiger charge is 2.32. The second-order valence-electron chi connectivity index (χ2n) is 5.02. The van der Waals surface area contributed by atoms with Crippen LogP contribution in [0.2, 0.25) is 0 Å². The normalized spacial score (nSPS) is 17.3. The van der Waals surface area contributed by atoms with E-state index in [0.717, 1.165) is 10.9 Å². The van der Waals surface area contributed by atoms with Crippen molar-refractivity contribution in [1.82, 2.24) is 0 Å². The summed E-state index contributed by atoms with van der Waals surface area (Å²) in [5.41, 5.74) is 1.05. The van der Waals surface area contributed by atoms with E-state index in [-0.39, 0.29) is 5.63 Å². The summed E-state index contributed by atoms with van der Waals surface area (Å²) in [5, 5.41) is 8.82. The Kier molecular flexibility index (Phi) is 2.11. The van der Waals surface area contributed by atoms with Crippen LogP contribution in [0.15, 0.2) is 33.5 Å². The maximum atomic E-state index is 11.2. The second kappa shape index (κ2) is 3.45. The number of fused-ring (bicyclic) bond motifs is 2. The fourth-order valence-corrected chi connectivity index (χ4v) is 2.12. The van der Waals surface area contributed by atoms with Gasteiger partial charge in [-0.1, -0.05) is 0 Å². The van der Waals surface area contributed by atoms with Gasteiger partial charge in [0.05, 0.1) is 5.71 Å². The molecule has 1 aliphatic heterocycles. The van der Waals surface area contributed by atoms with Crippen molar-refractivity contribution < 1.29 is 9.15 Å². The Balaban J connectivity index is 2.23. The number of ether oxygens (including phenoxy) is 1. The molecule has 0 aliphatic carbocycles. The molecular weight excluding hydrogens is 230 g/mol. The molecule has 1 aromatic heterocycles. The van der Waals surface area contributed by atoms with Crippen molar-refractivity contribution >= 4 is 16.7 Å². The molecule has 0 atom stereocenters. The van der Waals surface area contributed by atoms with E-state index in [1.165, 1.54) is 6.07 Å². The molecule has 0 amide bonds. The highest BCUT2D eigenvalue weighted by Crippen LogP contribution is 2.34. The lowest BCUT2D eigenvalue weighted by Gasteiger charge is -2.33. The number of hydrogen-bond acceptors (Lipinski definition) is 4. The Bertz CT molecular complexity index is 713. The first kappa shape index (κ1) is 11.0. The lowest BCUT2D eigenvalue weighted by molar-refractivity contribution is 0.170. The van der Waals surface area contributed by atoms with Crippen LogP contribution in [0.5, 0.6) is 5.75 Å². The van der Waals surface area contributed by atoms with Gasteiger partial charge in [-0.3, -0.25) is 0 Å². The van der Waals surface area contributed by atoms with Gasteiger partial charge in [0.1, 0.15) is 16.9 Å². The van der Waals surface area contributed by atoms with Gasteiger partial charge in [-0.25, -0.2) is 4.79 Å². The van der Waals surface area contributed by atoms with E-state index < -0.39 is 5.60 Å². The van der Waals surface area contributed by atoms with E-state index in [4.69, 9.17) is 14.6 Å². The van der Waals surface area contributed by atoms with Gasteiger partial charge in [-0.05, 0) is 26.0 Å². The minimum atomic E-state index is -0.601. The predicted octanol–water partition coefficient (Wildman–Crippen LogP) is 2.53. The predicted molar refractivity (Wildman–Crippen MR) is 68.6 cm³/mol. The summed E-state index contributed by atoms with van der Waals surface area (Å²) in [7, 11) is 0. The summed E-state index contributed by atoms with van der Waals surface area (Å²) < 4.78 is 10.9. The van der Waals surface area contributed by atoms with Crippen LogP contribution in [0.4, 0.5) is 0 Å². The molecule has 0 saturated carbocycles. The zero-order valence-corrected chi connectivity index (χ0v) is 10.2. The highest BCUT2D eigenvalue weighted by molar-refractivity contribution is 5.94. The highest BCUT2D eigenvalue weighted by atomic mass is 16.5. The fraction of sp³-hybridized carbons (Fsp3) is 0.286. The van der Waals surface area contributed by atoms with E-state index in [0.29, 0.717) is 23.5 Å². The van der Waals surface area contributed by atoms with Gasteiger partial charge in [0.15, 0.2) is 0 Å². The molecule has 4 nitrogen and oxygen atoms in total. The second-order valence-corrected chi connectivity index (χ2v) is 5.02. The largest absolute Gasteiger partial charge is 0.481 e. The summed E-state index contributed by atoms with van der Waals surface area (Å²) in [6.07, 6.45) is 0.567. The van der Waals surface area contributed by atoms with Crippen molar-refractivity contribution in [3.8, 4) is 5.75 Å². The molecule has 1 aromatic carbocycles. The minimum absolute atomic E-state index is 0.370. The first-order chi connectivity index (χ1) is 8.45. The van der Waals surface area contributed by atoms with Gasteiger partial charge >= 0.3 is 5.63 Å². The molecule has 2 aromatic rings. The topological polar surface area (TPSA) is 63.3 Å². The minimum Gasteiger partial charge on any atom is -0.481 e. The third kappa shape index (κ3) is 1.61. The van der Waals surface area contributed by atoms with Crippen molar-refractivity contribution in [2.45, 2.75) is 25.9 Å². The van der Waals surface area contributed by atoms with Crippen LogP contribution in [0, 0.1) is 5.41 Å². The summed E-state index contributed by atoms with van der Waals surface area (Å²) in [5.74, 6) is 0.692. The van der Waals surface area contributed by atoms with Crippen molar-refractivity contribution in [2.75, 3.05) is 0 Å². The average molecular weight is 243 g/mol. The number of nitrogens with one attached hydrogen (secondary N) is 1. The lowest BCUT2D eigenvalue weighted by Crippen LogP contribution is -2.42. The van der Waals surface area contributed by atoms with Crippen LogP contribution in [0.25, 0.3) is 11.0 Å². The Hall–Kier alpha value is -2.10. The molecule has 18 heavy (non-hydrogen) atoms. The Morgan fingerprint density at radius 2 is 2.06 bits per heavy atom. The molecule has 0 unspecified atom stereocenters. The zero-order chi connectivity index (χ0) is 12.9. The van der Waals surface area contributed by atoms with Crippen molar-refractivity contribution in [3.63, 3.8) is 0 Å². The van der Waals surface area contributed by atoms with Gasteiger partial charge < -0.3 is 14.6 Å². The average Bonchev–Trinajstić information content (AvgIpc) is 2.28. The summed E-state index contributed by atoms with van der Waals surface area (Å²) in [6, 6.07) is 6.77. The molecule has 1 N–H and O–H groups in total. The van der Waals surface area contributed by atoms with Crippen LogP contribution in [0.1, 0.15) is 19.4 Å². The molecule has 2 heterocycles. The number of hydrogen-bond donors (Lipinski definition) is 1. The van der Waals surface area contributed by atoms with Crippen molar-refractivity contribution in [3.05, 3.63) is 40.2 Å². The monoisotopic (exact) mass is 243 g/mol. The van der Waals surface area contributed by atoms with Gasteiger partial charge in [-0.15, -0.1) is 0 Å². The van der Waals surface area contributed by atoms with E-state index in [1.54, 1.807) is 12.1 Å².